The minimum Gasteiger partial charge on any atom is -0.457 e. The number of nitrogens with one attached hydrogen (secondary N) is 2. The van der Waals surface area contributed by atoms with E-state index in [0.29, 0.717) is 5.02 Å². The molecule has 21 heavy (non-hydrogen) atoms. The third kappa shape index (κ3) is 2.89. The van der Waals surface area contributed by atoms with Crippen molar-refractivity contribution in [2.45, 2.75) is 13.5 Å². The van der Waals surface area contributed by atoms with Crippen molar-refractivity contribution in [1.29, 1.82) is 0 Å². The number of ether oxygens (including phenoxy) is 1. The van der Waals surface area contributed by atoms with Crippen LogP contribution >= 0.6 is 11.6 Å². The molecule has 0 radical (unpaired) electrons. The lowest BCUT2D eigenvalue weighted by molar-refractivity contribution is 0.475. The van der Waals surface area contributed by atoms with Crippen molar-refractivity contribution < 1.29 is 4.74 Å². The van der Waals surface area contributed by atoms with E-state index >= 15 is 0 Å². The number of aromatic nitrogens is 1. The Hall–Kier alpha value is -1.97. The second-order valence-electron chi connectivity index (χ2n) is 5.06. The molecule has 0 saturated carbocycles. The van der Waals surface area contributed by atoms with Crippen LogP contribution in [0.15, 0.2) is 42.6 Å². The summed E-state index contributed by atoms with van der Waals surface area (Å²) in [7, 11) is 1.91. The van der Waals surface area contributed by atoms with Gasteiger partial charge in [-0.2, -0.15) is 0 Å². The van der Waals surface area contributed by atoms with E-state index in [2.05, 4.69) is 17.2 Å². The fourth-order valence-corrected chi connectivity index (χ4v) is 2.55. The summed E-state index contributed by atoms with van der Waals surface area (Å²) >= 11 is 6.08. The number of aromatic amines is 1. The first kappa shape index (κ1) is 14.0. The predicted molar refractivity (Wildman–Crippen MR) is 87.3 cm³/mol. The summed E-state index contributed by atoms with van der Waals surface area (Å²) in [5.74, 6) is 1.59. The van der Waals surface area contributed by atoms with Crippen LogP contribution in [0.5, 0.6) is 11.5 Å². The maximum atomic E-state index is 6.08. The SMILES string of the molecule is CNCc1ccc(Cl)cc1Oc1ccc2[nH]cc(C)c2c1. The molecule has 1 aromatic heterocycles. The maximum Gasteiger partial charge on any atom is 0.133 e. The van der Waals surface area contributed by atoms with Gasteiger partial charge in [0.1, 0.15) is 11.5 Å². The van der Waals surface area contributed by atoms with Gasteiger partial charge in [0.05, 0.1) is 0 Å². The van der Waals surface area contributed by atoms with Crippen LogP contribution in [0.2, 0.25) is 5.02 Å². The van der Waals surface area contributed by atoms with E-state index in [0.717, 1.165) is 29.1 Å². The molecule has 3 nitrogen and oxygen atoms in total. The Kier molecular flexibility index (Phi) is 3.86. The number of benzene rings is 2. The number of aryl methyl sites for hydroxylation is 1. The van der Waals surface area contributed by atoms with Gasteiger partial charge < -0.3 is 15.0 Å². The molecule has 0 amide bonds. The Balaban J connectivity index is 1.97. The highest BCUT2D eigenvalue weighted by Gasteiger charge is 2.07. The highest BCUT2D eigenvalue weighted by molar-refractivity contribution is 6.30. The molecule has 0 aliphatic rings. The van der Waals surface area contributed by atoms with Gasteiger partial charge in [-0.05, 0) is 49.9 Å². The molecule has 0 fully saturated rings. The van der Waals surface area contributed by atoms with Crippen LogP contribution in [0.1, 0.15) is 11.1 Å². The van der Waals surface area contributed by atoms with Crippen molar-refractivity contribution in [1.82, 2.24) is 10.3 Å². The topological polar surface area (TPSA) is 37.0 Å². The first-order chi connectivity index (χ1) is 10.2. The van der Waals surface area contributed by atoms with Crippen LogP contribution in [0.25, 0.3) is 10.9 Å². The summed E-state index contributed by atoms with van der Waals surface area (Å²) < 4.78 is 6.04. The van der Waals surface area contributed by atoms with Gasteiger partial charge in [-0.25, -0.2) is 0 Å². The van der Waals surface area contributed by atoms with Gasteiger partial charge in [-0.1, -0.05) is 17.7 Å². The lowest BCUT2D eigenvalue weighted by Gasteiger charge is -2.12. The molecular formula is C17H17ClN2O. The Morgan fingerprint density at radius 3 is 2.86 bits per heavy atom. The van der Waals surface area contributed by atoms with E-state index in [1.807, 2.05) is 49.6 Å². The average molecular weight is 301 g/mol. The van der Waals surface area contributed by atoms with E-state index in [-0.39, 0.29) is 0 Å². The molecule has 0 bridgehead atoms. The molecule has 108 valence electrons. The third-order valence-corrected chi connectivity index (χ3v) is 3.72. The van der Waals surface area contributed by atoms with Gasteiger partial charge >= 0.3 is 0 Å². The third-order valence-electron chi connectivity index (χ3n) is 3.48. The molecule has 0 unspecified atom stereocenters. The fourth-order valence-electron chi connectivity index (χ4n) is 2.39. The molecular weight excluding hydrogens is 284 g/mol. The second kappa shape index (κ2) is 5.80. The minimum absolute atomic E-state index is 0.670. The lowest BCUT2D eigenvalue weighted by atomic mass is 10.1. The lowest BCUT2D eigenvalue weighted by Crippen LogP contribution is -2.06. The van der Waals surface area contributed by atoms with Gasteiger partial charge in [-0.15, -0.1) is 0 Å². The van der Waals surface area contributed by atoms with E-state index < -0.39 is 0 Å². The first-order valence-corrected chi connectivity index (χ1v) is 7.24. The quantitative estimate of drug-likeness (QED) is 0.736. The number of H-pyrrole nitrogens is 1. The second-order valence-corrected chi connectivity index (χ2v) is 5.50. The predicted octanol–water partition coefficient (Wildman–Crippen LogP) is 4.64. The van der Waals surface area contributed by atoms with E-state index in [1.54, 1.807) is 0 Å². The molecule has 0 spiro atoms. The minimum atomic E-state index is 0.670. The Morgan fingerprint density at radius 1 is 1.19 bits per heavy atom. The van der Waals surface area contributed by atoms with Crippen molar-refractivity contribution in [3.63, 3.8) is 0 Å². The van der Waals surface area contributed by atoms with Crippen LogP contribution in [0.3, 0.4) is 0 Å². The van der Waals surface area contributed by atoms with Crippen LogP contribution in [0, 0.1) is 6.92 Å². The Bertz CT molecular complexity index is 780. The molecule has 0 aliphatic heterocycles. The standard InChI is InChI=1S/C17H17ClN2O/c1-11-9-20-16-6-5-14(8-15(11)16)21-17-7-13(18)4-3-12(17)10-19-2/h3-9,19-20H,10H2,1-2H3. The van der Waals surface area contributed by atoms with Crippen molar-refractivity contribution in [3.8, 4) is 11.5 Å². The van der Waals surface area contributed by atoms with Gasteiger partial charge in [0.25, 0.3) is 0 Å². The maximum absolute atomic E-state index is 6.08. The summed E-state index contributed by atoms with van der Waals surface area (Å²) in [6.45, 7) is 2.81. The zero-order valence-electron chi connectivity index (χ0n) is 12.0. The van der Waals surface area contributed by atoms with Crippen LogP contribution < -0.4 is 10.1 Å². The van der Waals surface area contributed by atoms with Gasteiger partial charge in [0.2, 0.25) is 0 Å². The van der Waals surface area contributed by atoms with Crippen LogP contribution in [-0.2, 0) is 6.54 Å². The summed E-state index contributed by atoms with van der Waals surface area (Å²) in [5.41, 5.74) is 3.39. The van der Waals surface area contributed by atoms with Crippen molar-refractivity contribution >= 4 is 22.5 Å². The van der Waals surface area contributed by atoms with E-state index in [1.165, 1.54) is 10.9 Å². The van der Waals surface area contributed by atoms with Gasteiger partial charge in [0, 0.05) is 34.2 Å². The summed E-state index contributed by atoms with van der Waals surface area (Å²) in [6.07, 6.45) is 2.00. The molecule has 1 heterocycles. The normalized spacial score (nSPS) is 11.0. The van der Waals surface area contributed by atoms with Crippen LogP contribution in [0.4, 0.5) is 0 Å². The number of hydrogen-bond acceptors (Lipinski definition) is 2. The number of halogens is 1. The van der Waals surface area contributed by atoms with Crippen LogP contribution in [-0.4, -0.2) is 12.0 Å². The summed E-state index contributed by atoms with van der Waals surface area (Å²) in [6, 6.07) is 11.7. The molecule has 0 saturated heterocycles. The summed E-state index contributed by atoms with van der Waals surface area (Å²) in [5, 5.41) is 4.98. The first-order valence-electron chi connectivity index (χ1n) is 6.86. The van der Waals surface area contributed by atoms with Gasteiger partial charge in [0.15, 0.2) is 0 Å². The molecule has 2 N–H and O–H groups in total. The number of rotatable bonds is 4. The molecule has 2 aromatic carbocycles. The molecule has 3 aromatic rings. The Labute approximate surface area is 128 Å². The monoisotopic (exact) mass is 300 g/mol. The highest BCUT2D eigenvalue weighted by atomic mass is 35.5. The van der Waals surface area contributed by atoms with Crippen molar-refractivity contribution in [2.75, 3.05) is 7.05 Å². The number of hydrogen-bond donors (Lipinski definition) is 2. The fraction of sp³-hybridized carbons (Fsp3) is 0.176. The van der Waals surface area contributed by atoms with E-state index in [9.17, 15) is 0 Å². The molecule has 4 heteroatoms. The largest absolute Gasteiger partial charge is 0.457 e. The Morgan fingerprint density at radius 2 is 2.05 bits per heavy atom. The zero-order chi connectivity index (χ0) is 14.8. The number of fused-ring (bicyclic) bond motifs is 1. The highest BCUT2D eigenvalue weighted by Crippen LogP contribution is 2.31. The van der Waals surface area contributed by atoms with Crippen molar-refractivity contribution in [2.24, 2.45) is 0 Å². The molecule has 0 aliphatic carbocycles. The van der Waals surface area contributed by atoms with E-state index in [4.69, 9.17) is 16.3 Å². The smallest absolute Gasteiger partial charge is 0.133 e. The molecule has 0 atom stereocenters. The van der Waals surface area contributed by atoms with Crippen molar-refractivity contribution in [3.05, 3.63) is 58.7 Å². The average Bonchev–Trinajstić information content (AvgIpc) is 2.83. The van der Waals surface area contributed by atoms with Gasteiger partial charge in [-0.3, -0.25) is 0 Å². The zero-order valence-corrected chi connectivity index (χ0v) is 12.8. The summed E-state index contributed by atoms with van der Waals surface area (Å²) in [4.78, 5) is 3.23. The molecule has 3 rings (SSSR count).